The van der Waals surface area contributed by atoms with Crippen LogP contribution in [0.4, 0.5) is 4.39 Å². The van der Waals surface area contributed by atoms with Gasteiger partial charge in [-0.05, 0) is 65.6 Å². The summed E-state index contributed by atoms with van der Waals surface area (Å²) in [4.78, 5) is 17.0. The van der Waals surface area contributed by atoms with Gasteiger partial charge in [0.1, 0.15) is 23.9 Å². The van der Waals surface area contributed by atoms with Gasteiger partial charge in [-0.1, -0.05) is 71.9 Å². The zero-order chi connectivity index (χ0) is 26.7. The van der Waals surface area contributed by atoms with E-state index in [-0.39, 0.29) is 13.0 Å². The highest BCUT2D eigenvalue weighted by atomic mass is 19.1. The molecule has 1 atom stereocenters. The second kappa shape index (κ2) is 13.1. The first kappa shape index (κ1) is 26.4. The van der Waals surface area contributed by atoms with Gasteiger partial charge < -0.3 is 19.4 Å². The molecule has 0 aliphatic carbocycles. The maximum Gasteiger partial charge on any atom is 0.345 e. The molecule has 0 radical (unpaired) electrons. The molecule has 4 aromatic carbocycles. The molecule has 0 fully saturated rings. The van der Waals surface area contributed by atoms with Gasteiger partial charge in [0.2, 0.25) is 0 Å². The minimum atomic E-state index is -1.10. The lowest BCUT2D eigenvalue weighted by Gasteiger charge is -2.15. The predicted molar refractivity (Wildman–Crippen MR) is 144 cm³/mol. The molecule has 0 unspecified atom stereocenters. The summed E-state index contributed by atoms with van der Waals surface area (Å²) >= 11 is 0. The summed E-state index contributed by atoms with van der Waals surface area (Å²) in [5, 5.41) is 13.7. The number of hydrogen-bond donors (Lipinski definition) is 1. The number of benzene rings is 4. The Hall–Kier alpha value is -4.65. The Labute approximate surface area is 220 Å². The van der Waals surface area contributed by atoms with Gasteiger partial charge in [0.25, 0.3) is 0 Å². The van der Waals surface area contributed by atoms with Crippen molar-refractivity contribution in [2.24, 2.45) is 5.16 Å². The van der Waals surface area contributed by atoms with E-state index < -0.39 is 17.9 Å². The number of oxime groups is 1. The number of ether oxygens (including phenoxy) is 2. The van der Waals surface area contributed by atoms with Crippen LogP contribution in [0.15, 0.2) is 108 Å². The summed E-state index contributed by atoms with van der Waals surface area (Å²) in [5.74, 6) is -0.600. The maximum absolute atomic E-state index is 13.1. The van der Waals surface area contributed by atoms with E-state index in [1.165, 1.54) is 24.3 Å². The van der Waals surface area contributed by atoms with Gasteiger partial charge in [-0.2, -0.15) is 0 Å². The van der Waals surface area contributed by atoms with Crippen LogP contribution in [0, 0.1) is 5.82 Å². The molecule has 194 valence electrons. The first-order valence-corrected chi connectivity index (χ1v) is 12.2. The molecule has 0 spiro atoms. The predicted octanol–water partition coefficient (Wildman–Crippen LogP) is 6.39. The molecular formula is C31H28FNO5. The maximum atomic E-state index is 13.1. The smallest absolute Gasteiger partial charge is 0.345 e. The molecule has 0 bridgehead atoms. The van der Waals surface area contributed by atoms with E-state index in [1.54, 1.807) is 24.3 Å². The lowest BCUT2D eigenvalue weighted by molar-refractivity contribution is -0.145. The van der Waals surface area contributed by atoms with Gasteiger partial charge in [0.15, 0.2) is 12.7 Å². The Morgan fingerprint density at radius 1 is 0.816 bits per heavy atom. The average molecular weight is 514 g/mol. The molecule has 0 saturated carbocycles. The minimum absolute atomic E-state index is 0.149. The van der Waals surface area contributed by atoms with Crippen LogP contribution in [0.5, 0.6) is 11.5 Å². The summed E-state index contributed by atoms with van der Waals surface area (Å²) in [7, 11) is 0. The van der Waals surface area contributed by atoms with Gasteiger partial charge in [-0.25, -0.2) is 9.18 Å². The van der Waals surface area contributed by atoms with Crippen LogP contribution in [0.2, 0.25) is 0 Å². The zero-order valence-electron chi connectivity index (χ0n) is 20.9. The molecule has 0 aliphatic rings. The van der Waals surface area contributed by atoms with Crippen molar-refractivity contribution in [3.05, 3.63) is 120 Å². The number of aliphatic carboxylic acids is 1. The topological polar surface area (TPSA) is 77.3 Å². The van der Waals surface area contributed by atoms with Gasteiger partial charge in [-0.15, -0.1) is 0 Å². The van der Waals surface area contributed by atoms with Gasteiger partial charge in [0.05, 0.1) is 5.71 Å². The molecule has 0 aromatic heterocycles. The Balaban J connectivity index is 1.21. The Morgan fingerprint density at radius 3 is 2.11 bits per heavy atom. The molecule has 6 nitrogen and oxygen atoms in total. The van der Waals surface area contributed by atoms with Crippen molar-refractivity contribution in [2.45, 2.75) is 19.4 Å². The van der Waals surface area contributed by atoms with Crippen LogP contribution in [-0.2, 0) is 16.1 Å². The third-order valence-corrected chi connectivity index (χ3v) is 5.77. The number of hydrogen-bond acceptors (Lipinski definition) is 5. The van der Waals surface area contributed by atoms with Crippen molar-refractivity contribution in [2.75, 3.05) is 13.2 Å². The number of carboxylic acid groups (broad SMARTS) is 1. The third-order valence-electron chi connectivity index (χ3n) is 5.77. The molecule has 1 N–H and O–H groups in total. The molecule has 4 rings (SSSR count). The highest BCUT2D eigenvalue weighted by Crippen LogP contribution is 2.20. The van der Waals surface area contributed by atoms with E-state index in [2.05, 4.69) is 29.4 Å². The van der Waals surface area contributed by atoms with Crippen LogP contribution in [0.1, 0.15) is 18.1 Å². The molecule has 4 aromatic rings. The van der Waals surface area contributed by atoms with E-state index in [0.29, 0.717) is 18.1 Å². The fourth-order valence-corrected chi connectivity index (χ4v) is 3.72. The van der Waals surface area contributed by atoms with Gasteiger partial charge >= 0.3 is 5.97 Å². The van der Waals surface area contributed by atoms with Crippen molar-refractivity contribution < 1.29 is 28.6 Å². The molecule has 0 amide bonds. The molecule has 7 heteroatoms. The zero-order valence-corrected chi connectivity index (χ0v) is 20.9. The van der Waals surface area contributed by atoms with E-state index in [4.69, 9.17) is 14.3 Å². The van der Waals surface area contributed by atoms with Crippen LogP contribution in [-0.4, -0.2) is 36.1 Å². The Bertz CT molecular complexity index is 1340. The Morgan fingerprint density at radius 2 is 1.45 bits per heavy atom. The summed E-state index contributed by atoms with van der Waals surface area (Å²) in [6, 6.07) is 30.6. The standard InChI is InChI=1S/C31H28FNO5/c1-22(24-9-11-26(12-10-24)25-5-3-2-4-6-25)33-37-20-19-36-28-15-7-23(8-16-28)21-30(31(34)35)38-29-17-13-27(32)14-18-29/h2-18,30H,19-21H2,1H3,(H,34,35)/b33-22+/t30-/m0/s1. The third kappa shape index (κ3) is 7.67. The molecule has 0 saturated heterocycles. The summed E-state index contributed by atoms with van der Waals surface area (Å²) in [6.45, 7) is 2.46. The largest absolute Gasteiger partial charge is 0.490 e. The van der Waals surface area contributed by atoms with Gasteiger partial charge in [-0.3, -0.25) is 0 Å². The summed E-state index contributed by atoms with van der Waals surface area (Å²) < 4.78 is 24.3. The number of carbonyl (C=O) groups is 1. The fraction of sp³-hybridized carbons (Fsp3) is 0.161. The number of halogens is 1. The van der Waals surface area contributed by atoms with Crippen molar-refractivity contribution in [3.8, 4) is 22.6 Å². The van der Waals surface area contributed by atoms with Crippen molar-refractivity contribution >= 4 is 11.7 Å². The highest BCUT2D eigenvalue weighted by Gasteiger charge is 2.20. The Kier molecular flexibility index (Phi) is 9.07. The molecule has 0 heterocycles. The van der Waals surface area contributed by atoms with E-state index >= 15 is 0 Å². The van der Waals surface area contributed by atoms with Gasteiger partial charge in [0, 0.05) is 6.42 Å². The first-order chi connectivity index (χ1) is 18.5. The van der Waals surface area contributed by atoms with Crippen LogP contribution in [0.25, 0.3) is 11.1 Å². The fourth-order valence-electron chi connectivity index (χ4n) is 3.72. The first-order valence-electron chi connectivity index (χ1n) is 12.2. The van der Waals surface area contributed by atoms with Crippen LogP contribution in [0.3, 0.4) is 0 Å². The average Bonchev–Trinajstić information content (AvgIpc) is 2.95. The summed E-state index contributed by atoms with van der Waals surface area (Å²) in [5.41, 5.74) is 4.81. The number of rotatable bonds is 12. The van der Waals surface area contributed by atoms with E-state index in [9.17, 15) is 14.3 Å². The SMILES string of the molecule is C/C(=N\OCCOc1ccc(C[C@H](Oc2ccc(F)cc2)C(=O)O)cc1)c1ccc(-c2ccccc2)cc1. The second-order valence-electron chi connectivity index (χ2n) is 8.55. The van der Waals surface area contributed by atoms with Crippen LogP contribution < -0.4 is 9.47 Å². The van der Waals surface area contributed by atoms with Crippen LogP contribution >= 0.6 is 0 Å². The monoisotopic (exact) mass is 513 g/mol. The van der Waals surface area contributed by atoms with E-state index in [0.717, 1.165) is 28.0 Å². The quantitative estimate of drug-likeness (QED) is 0.135. The summed E-state index contributed by atoms with van der Waals surface area (Å²) in [6.07, 6.45) is -0.951. The normalized spacial score (nSPS) is 12.0. The lowest BCUT2D eigenvalue weighted by atomic mass is 10.0. The number of carboxylic acids is 1. The van der Waals surface area contributed by atoms with E-state index in [1.807, 2.05) is 37.3 Å². The molecule has 0 aliphatic heterocycles. The highest BCUT2D eigenvalue weighted by molar-refractivity contribution is 5.98. The number of nitrogens with zero attached hydrogens (tertiary/aromatic N) is 1. The molecule has 38 heavy (non-hydrogen) atoms. The van der Waals surface area contributed by atoms with Crippen molar-refractivity contribution in [3.63, 3.8) is 0 Å². The van der Waals surface area contributed by atoms with Crippen molar-refractivity contribution in [1.29, 1.82) is 0 Å². The van der Waals surface area contributed by atoms with Crippen molar-refractivity contribution in [1.82, 2.24) is 0 Å². The second-order valence-corrected chi connectivity index (χ2v) is 8.55. The lowest BCUT2D eigenvalue weighted by Crippen LogP contribution is -2.29. The minimum Gasteiger partial charge on any atom is -0.490 e. The molecular weight excluding hydrogens is 485 g/mol.